The molecule has 1 saturated carbocycles. The number of hydrogen-bond donors (Lipinski definition) is 1. The summed E-state index contributed by atoms with van der Waals surface area (Å²) in [4.78, 5) is 17.1. The van der Waals surface area contributed by atoms with Crippen LogP contribution >= 0.6 is 0 Å². The summed E-state index contributed by atoms with van der Waals surface area (Å²) in [6, 6.07) is 6.64. The molecule has 0 radical (unpaired) electrons. The van der Waals surface area contributed by atoms with Crippen molar-refractivity contribution in [1.82, 2.24) is 9.80 Å². The summed E-state index contributed by atoms with van der Waals surface area (Å²) in [5.41, 5.74) is -0.172. The molecule has 23 heavy (non-hydrogen) atoms. The van der Waals surface area contributed by atoms with Gasteiger partial charge in [0.15, 0.2) is 0 Å². The van der Waals surface area contributed by atoms with E-state index in [4.69, 9.17) is 0 Å². The largest absolute Gasteiger partial charge is 0.390 e. The van der Waals surface area contributed by atoms with Crippen LogP contribution < -0.4 is 0 Å². The van der Waals surface area contributed by atoms with Crippen LogP contribution in [0.4, 0.5) is 4.39 Å². The molecule has 5 heteroatoms. The highest BCUT2D eigenvalue weighted by atomic mass is 19.1. The molecule has 1 aromatic carbocycles. The van der Waals surface area contributed by atoms with E-state index in [2.05, 4.69) is 4.90 Å². The summed E-state index contributed by atoms with van der Waals surface area (Å²) in [6.07, 6.45) is 3.24. The van der Waals surface area contributed by atoms with Gasteiger partial charge in [0, 0.05) is 18.7 Å². The van der Waals surface area contributed by atoms with Gasteiger partial charge in [0.25, 0.3) is 0 Å². The first-order chi connectivity index (χ1) is 11.1. The number of aliphatic hydroxyl groups is 1. The van der Waals surface area contributed by atoms with Crippen LogP contribution in [0.2, 0.25) is 0 Å². The number of aliphatic hydroxyl groups excluding tert-OH is 1. The maximum absolute atomic E-state index is 14.1. The van der Waals surface area contributed by atoms with Crippen molar-refractivity contribution in [1.29, 1.82) is 0 Å². The number of likely N-dealkylation sites (tertiary alicyclic amines) is 2. The minimum Gasteiger partial charge on any atom is -0.390 e. The van der Waals surface area contributed by atoms with E-state index in [1.165, 1.54) is 6.07 Å². The smallest absolute Gasteiger partial charge is 0.233 e. The lowest BCUT2D eigenvalue weighted by molar-refractivity contribution is -0.133. The summed E-state index contributed by atoms with van der Waals surface area (Å²) in [6.45, 7) is 2.94. The zero-order valence-electron chi connectivity index (χ0n) is 13.2. The fraction of sp³-hybridized carbons (Fsp3) is 0.611. The summed E-state index contributed by atoms with van der Waals surface area (Å²) in [5, 5.41) is 10.4. The lowest BCUT2D eigenvalue weighted by Gasteiger charge is -2.26. The molecule has 1 amide bonds. The van der Waals surface area contributed by atoms with Gasteiger partial charge < -0.3 is 10.0 Å². The van der Waals surface area contributed by atoms with Crippen molar-refractivity contribution >= 4 is 5.91 Å². The zero-order valence-corrected chi connectivity index (χ0v) is 13.2. The van der Waals surface area contributed by atoms with E-state index in [1.54, 1.807) is 23.1 Å². The van der Waals surface area contributed by atoms with E-state index in [9.17, 15) is 14.3 Å². The molecule has 2 aliphatic heterocycles. The van der Waals surface area contributed by atoms with Crippen molar-refractivity contribution in [2.75, 3.05) is 26.2 Å². The average Bonchev–Trinajstić information content (AvgIpc) is 2.99. The van der Waals surface area contributed by atoms with Crippen LogP contribution in [0.5, 0.6) is 0 Å². The van der Waals surface area contributed by atoms with Crippen LogP contribution in [0.3, 0.4) is 0 Å². The Bertz CT molecular complexity index is 611. The van der Waals surface area contributed by atoms with Crippen LogP contribution in [0.1, 0.15) is 31.2 Å². The number of halogens is 1. The number of rotatable bonds is 3. The number of hydrogen-bond acceptors (Lipinski definition) is 3. The molecule has 4 nitrogen and oxygen atoms in total. The molecule has 3 aliphatic rings. The molecule has 2 saturated heterocycles. The number of β-amino-alcohol motifs (C(OH)–C–C–N with tert-alkyl or cyclic N) is 1. The van der Waals surface area contributed by atoms with Gasteiger partial charge in [-0.2, -0.15) is 0 Å². The van der Waals surface area contributed by atoms with Gasteiger partial charge in [-0.25, -0.2) is 4.39 Å². The number of amides is 1. The van der Waals surface area contributed by atoms with Crippen LogP contribution in [0.15, 0.2) is 24.3 Å². The first-order valence-corrected chi connectivity index (χ1v) is 8.58. The number of carbonyl (C=O) groups is 1. The zero-order chi connectivity index (χ0) is 16.0. The van der Waals surface area contributed by atoms with Crippen LogP contribution in [-0.2, 0) is 10.2 Å². The Hall–Kier alpha value is -1.46. The second-order valence-corrected chi connectivity index (χ2v) is 7.15. The Morgan fingerprint density at radius 2 is 1.87 bits per heavy atom. The molecule has 0 spiro atoms. The highest BCUT2D eigenvalue weighted by molar-refractivity contribution is 5.91. The third-order valence-corrected chi connectivity index (χ3v) is 5.70. The molecule has 2 heterocycles. The van der Waals surface area contributed by atoms with E-state index in [-0.39, 0.29) is 17.8 Å². The van der Waals surface area contributed by atoms with Gasteiger partial charge in [-0.15, -0.1) is 0 Å². The standard InChI is InChI=1S/C18H23FN2O2/c19-14-6-2-1-5-13(14)18(7-8-18)17(23)21-11-15(16(22)12-21)20-9-3-4-10-20/h1-2,5-6,15-16,22H,3-4,7-12H2/t15-,16-/m1/s1. The topological polar surface area (TPSA) is 43.8 Å². The summed E-state index contributed by atoms with van der Waals surface area (Å²) in [5.74, 6) is -0.308. The van der Waals surface area contributed by atoms with E-state index < -0.39 is 11.5 Å². The Morgan fingerprint density at radius 3 is 2.52 bits per heavy atom. The number of carbonyl (C=O) groups excluding carboxylic acids is 1. The molecule has 124 valence electrons. The molecule has 1 aromatic rings. The lowest BCUT2D eigenvalue weighted by atomic mass is 9.94. The minimum absolute atomic E-state index is 0.0108. The van der Waals surface area contributed by atoms with Crippen LogP contribution in [-0.4, -0.2) is 59.1 Å². The van der Waals surface area contributed by atoms with Crippen molar-refractivity contribution in [3.63, 3.8) is 0 Å². The maximum atomic E-state index is 14.1. The first kappa shape index (κ1) is 15.1. The van der Waals surface area contributed by atoms with Gasteiger partial charge in [-0.3, -0.25) is 9.69 Å². The molecule has 0 bridgehead atoms. The van der Waals surface area contributed by atoms with Crippen molar-refractivity contribution < 1.29 is 14.3 Å². The molecule has 0 aromatic heterocycles. The number of benzene rings is 1. The average molecular weight is 318 g/mol. The second-order valence-electron chi connectivity index (χ2n) is 7.15. The Kier molecular flexibility index (Phi) is 3.65. The Labute approximate surface area is 135 Å². The SMILES string of the molecule is O=C(N1C[C@@H](O)[C@H](N2CCCC2)C1)C1(c2ccccc2F)CC1. The molecular formula is C18H23FN2O2. The van der Waals surface area contributed by atoms with Crippen molar-refractivity contribution in [2.45, 2.75) is 43.2 Å². The summed E-state index contributed by atoms with van der Waals surface area (Å²) < 4.78 is 14.1. The Morgan fingerprint density at radius 1 is 1.17 bits per heavy atom. The third-order valence-electron chi connectivity index (χ3n) is 5.70. The molecule has 4 rings (SSSR count). The quantitative estimate of drug-likeness (QED) is 0.919. The predicted molar refractivity (Wildman–Crippen MR) is 84.5 cm³/mol. The molecule has 1 N–H and O–H groups in total. The van der Waals surface area contributed by atoms with Gasteiger partial charge in [-0.1, -0.05) is 18.2 Å². The van der Waals surface area contributed by atoms with Crippen molar-refractivity contribution in [2.24, 2.45) is 0 Å². The highest BCUT2D eigenvalue weighted by Gasteiger charge is 2.56. The van der Waals surface area contributed by atoms with Crippen LogP contribution in [0.25, 0.3) is 0 Å². The molecular weight excluding hydrogens is 295 g/mol. The van der Waals surface area contributed by atoms with E-state index in [0.29, 0.717) is 31.5 Å². The fourth-order valence-corrected chi connectivity index (χ4v) is 4.24. The number of nitrogens with zero attached hydrogens (tertiary/aromatic N) is 2. The highest BCUT2D eigenvalue weighted by Crippen LogP contribution is 2.50. The third kappa shape index (κ3) is 2.46. The first-order valence-electron chi connectivity index (χ1n) is 8.58. The van der Waals surface area contributed by atoms with Gasteiger partial charge in [0.05, 0.1) is 17.6 Å². The monoisotopic (exact) mass is 318 g/mol. The van der Waals surface area contributed by atoms with Gasteiger partial charge in [-0.05, 0) is 44.8 Å². The fourth-order valence-electron chi connectivity index (χ4n) is 4.24. The molecule has 1 aliphatic carbocycles. The molecule has 3 fully saturated rings. The van der Waals surface area contributed by atoms with Gasteiger partial charge >= 0.3 is 0 Å². The normalized spacial score (nSPS) is 29.9. The summed E-state index contributed by atoms with van der Waals surface area (Å²) >= 11 is 0. The lowest BCUT2D eigenvalue weighted by Crippen LogP contribution is -2.42. The Balaban J connectivity index is 1.52. The van der Waals surface area contributed by atoms with Crippen LogP contribution in [0, 0.1) is 5.82 Å². The van der Waals surface area contributed by atoms with E-state index in [1.807, 2.05) is 0 Å². The molecule has 0 unspecified atom stereocenters. The van der Waals surface area contributed by atoms with Crippen molar-refractivity contribution in [3.8, 4) is 0 Å². The minimum atomic E-state index is -0.690. The van der Waals surface area contributed by atoms with Gasteiger partial charge in [0.2, 0.25) is 5.91 Å². The van der Waals surface area contributed by atoms with E-state index in [0.717, 1.165) is 25.9 Å². The van der Waals surface area contributed by atoms with Gasteiger partial charge in [0.1, 0.15) is 5.82 Å². The predicted octanol–water partition coefficient (Wildman–Crippen LogP) is 1.52. The summed E-state index contributed by atoms with van der Waals surface area (Å²) in [7, 11) is 0. The van der Waals surface area contributed by atoms with Crippen molar-refractivity contribution in [3.05, 3.63) is 35.6 Å². The maximum Gasteiger partial charge on any atom is 0.233 e. The second kappa shape index (κ2) is 5.56. The van der Waals surface area contributed by atoms with E-state index >= 15 is 0 Å². The molecule has 2 atom stereocenters.